The van der Waals surface area contributed by atoms with Gasteiger partial charge in [-0.1, -0.05) is 141 Å². The highest BCUT2D eigenvalue weighted by Crippen LogP contribution is 2.49. The van der Waals surface area contributed by atoms with Gasteiger partial charge in [-0.05, 0) is 119 Å². The van der Waals surface area contributed by atoms with Crippen molar-refractivity contribution in [2.45, 2.75) is 26.2 Å². The number of rotatable bonds is 6. The second kappa shape index (κ2) is 11.1. The second-order valence-corrected chi connectivity index (χ2v) is 13.4. The van der Waals surface area contributed by atoms with Gasteiger partial charge in [-0.15, -0.1) is 0 Å². The zero-order chi connectivity index (χ0) is 32.5. The fourth-order valence-corrected chi connectivity index (χ4v) is 8.31. The lowest BCUT2D eigenvalue weighted by Crippen LogP contribution is -1.93. The van der Waals surface area contributed by atoms with Crippen molar-refractivity contribution in [1.82, 2.24) is 0 Å². The summed E-state index contributed by atoms with van der Waals surface area (Å²) >= 11 is 0. The Balaban J connectivity index is 1.22. The predicted octanol–water partition coefficient (Wildman–Crippen LogP) is 14.0. The molecule has 0 bridgehead atoms. The van der Waals surface area contributed by atoms with E-state index in [4.69, 9.17) is 4.42 Å². The Morgan fingerprint density at radius 2 is 1.02 bits per heavy atom. The summed E-state index contributed by atoms with van der Waals surface area (Å²) in [5.41, 5.74) is 10.9. The average molecular weight is 627 g/mol. The Labute approximate surface area is 285 Å². The van der Waals surface area contributed by atoms with E-state index in [1.807, 2.05) is 0 Å². The van der Waals surface area contributed by atoms with Crippen molar-refractivity contribution in [3.05, 3.63) is 157 Å². The van der Waals surface area contributed by atoms with Crippen LogP contribution in [0.3, 0.4) is 0 Å². The van der Waals surface area contributed by atoms with Crippen molar-refractivity contribution in [2.75, 3.05) is 0 Å². The molecular formula is C48H34O. The van der Waals surface area contributed by atoms with Crippen LogP contribution in [-0.4, -0.2) is 0 Å². The Hall–Kier alpha value is -5.92. The third-order valence-electron chi connectivity index (χ3n) is 10.6. The molecule has 1 heterocycles. The van der Waals surface area contributed by atoms with Crippen LogP contribution in [0.4, 0.5) is 0 Å². The van der Waals surface area contributed by atoms with Crippen LogP contribution in [-0.2, 0) is 6.42 Å². The molecule has 1 nitrogen and oxygen atoms in total. The quantitative estimate of drug-likeness (QED) is 0.132. The molecule has 0 aliphatic rings. The number of hydrogen-bond acceptors (Lipinski definition) is 1. The van der Waals surface area contributed by atoms with Crippen molar-refractivity contribution in [3.63, 3.8) is 0 Å². The summed E-state index contributed by atoms with van der Waals surface area (Å²) in [6.07, 6.45) is 3.60. The molecule has 0 N–H and O–H groups in total. The van der Waals surface area contributed by atoms with Gasteiger partial charge in [0.05, 0.1) is 0 Å². The third-order valence-corrected chi connectivity index (χ3v) is 10.6. The molecule has 0 atom stereocenters. The van der Waals surface area contributed by atoms with Gasteiger partial charge < -0.3 is 4.42 Å². The number of unbranched alkanes of at least 4 members (excludes halogenated alkanes) is 1. The maximum Gasteiger partial charge on any atom is 0.136 e. The minimum atomic E-state index is 0.943. The van der Waals surface area contributed by atoms with Gasteiger partial charge in [0.1, 0.15) is 11.2 Å². The topological polar surface area (TPSA) is 13.1 Å². The number of fused-ring (bicyclic) bond motifs is 3. The van der Waals surface area contributed by atoms with Crippen LogP contribution in [0.1, 0.15) is 25.3 Å². The molecule has 0 aliphatic carbocycles. The Morgan fingerprint density at radius 1 is 0.429 bits per heavy atom. The van der Waals surface area contributed by atoms with Gasteiger partial charge in [0.15, 0.2) is 0 Å². The van der Waals surface area contributed by atoms with Gasteiger partial charge in [-0.25, -0.2) is 0 Å². The molecule has 10 rings (SSSR count). The van der Waals surface area contributed by atoms with Crippen LogP contribution in [0.25, 0.3) is 98.4 Å². The average Bonchev–Trinajstić information content (AvgIpc) is 3.55. The molecule has 0 saturated heterocycles. The predicted molar refractivity (Wildman–Crippen MR) is 210 cm³/mol. The SMILES string of the molecule is CCCCc1ccc(-c2ccc3c(-c4c5ccccc5c(-c5cc6cccc7oc8cccc5c8c67)c5ccccc45)cccc3c2)cc1. The van der Waals surface area contributed by atoms with Gasteiger partial charge in [-0.2, -0.15) is 0 Å². The summed E-state index contributed by atoms with van der Waals surface area (Å²) in [6.45, 7) is 2.25. The normalized spacial score (nSPS) is 12.0. The summed E-state index contributed by atoms with van der Waals surface area (Å²) in [5.74, 6) is 0. The largest absolute Gasteiger partial charge is 0.456 e. The van der Waals surface area contributed by atoms with E-state index in [0.717, 1.165) is 17.6 Å². The van der Waals surface area contributed by atoms with Crippen LogP contribution in [0, 0.1) is 0 Å². The molecule has 10 aromatic rings. The monoisotopic (exact) mass is 626 g/mol. The molecule has 0 saturated carbocycles. The minimum absolute atomic E-state index is 0.943. The lowest BCUT2D eigenvalue weighted by Gasteiger charge is -2.20. The van der Waals surface area contributed by atoms with Crippen molar-refractivity contribution < 1.29 is 4.42 Å². The Bertz CT molecular complexity index is 2790. The van der Waals surface area contributed by atoms with E-state index in [0.29, 0.717) is 0 Å². The van der Waals surface area contributed by atoms with Gasteiger partial charge >= 0.3 is 0 Å². The summed E-state index contributed by atoms with van der Waals surface area (Å²) in [4.78, 5) is 0. The zero-order valence-corrected chi connectivity index (χ0v) is 27.5. The molecule has 1 heteroatoms. The molecule has 49 heavy (non-hydrogen) atoms. The van der Waals surface area contributed by atoms with E-state index in [2.05, 4.69) is 159 Å². The molecule has 0 radical (unpaired) electrons. The molecule has 0 fully saturated rings. The van der Waals surface area contributed by atoms with Crippen LogP contribution in [0.5, 0.6) is 0 Å². The molecule has 0 amide bonds. The zero-order valence-electron chi connectivity index (χ0n) is 27.5. The van der Waals surface area contributed by atoms with E-state index < -0.39 is 0 Å². The first kappa shape index (κ1) is 28.1. The van der Waals surface area contributed by atoms with Crippen LogP contribution >= 0.6 is 0 Å². The van der Waals surface area contributed by atoms with Crippen molar-refractivity contribution in [1.29, 1.82) is 0 Å². The summed E-state index contributed by atoms with van der Waals surface area (Å²) in [6, 6.07) is 56.1. The maximum atomic E-state index is 6.35. The Kier molecular flexibility index (Phi) is 6.36. The van der Waals surface area contributed by atoms with Crippen LogP contribution in [0.15, 0.2) is 156 Å². The smallest absolute Gasteiger partial charge is 0.136 e. The molecule has 232 valence electrons. The number of furan rings is 1. The van der Waals surface area contributed by atoms with Gasteiger partial charge in [-0.3, -0.25) is 0 Å². The fraction of sp³-hybridized carbons (Fsp3) is 0.0833. The molecule has 0 aliphatic heterocycles. The summed E-state index contributed by atoms with van der Waals surface area (Å²) in [7, 11) is 0. The highest BCUT2D eigenvalue weighted by atomic mass is 16.3. The molecule has 1 aromatic heterocycles. The summed E-state index contributed by atoms with van der Waals surface area (Å²) < 4.78 is 6.35. The molecular weight excluding hydrogens is 593 g/mol. The molecule has 9 aromatic carbocycles. The van der Waals surface area contributed by atoms with E-state index in [1.54, 1.807) is 0 Å². The first-order valence-corrected chi connectivity index (χ1v) is 17.5. The standard InChI is InChI=1S/C48H34O/c1-2-3-11-30-22-24-31(25-23-30)32-26-27-35-33(28-32)12-8-18-36(35)46-37-14-4-6-16-39(37)47(40-17-7-5-15-38(40)46)42-29-34-13-9-20-43-45(34)48-41(42)19-10-21-44(48)49-43/h4-10,12-29H,2-3,11H2,1H3. The van der Waals surface area contributed by atoms with E-state index in [1.165, 1.54) is 106 Å². The highest BCUT2D eigenvalue weighted by molar-refractivity contribution is 6.30. The summed E-state index contributed by atoms with van der Waals surface area (Å²) in [5, 5.41) is 12.4. The maximum absolute atomic E-state index is 6.35. The van der Waals surface area contributed by atoms with Crippen molar-refractivity contribution >= 4 is 65.0 Å². The van der Waals surface area contributed by atoms with Crippen LogP contribution in [0.2, 0.25) is 0 Å². The Morgan fingerprint density at radius 3 is 1.73 bits per heavy atom. The lowest BCUT2D eigenvalue weighted by atomic mass is 9.83. The second-order valence-electron chi connectivity index (χ2n) is 13.4. The first-order valence-electron chi connectivity index (χ1n) is 17.5. The minimum Gasteiger partial charge on any atom is -0.456 e. The number of hydrogen-bond donors (Lipinski definition) is 0. The van der Waals surface area contributed by atoms with E-state index >= 15 is 0 Å². The number of aryl methyl sites for hydroxylation is 1. The van der Waals surface area contributed by atoms with Gasteiger partial charge in [0.2, 0.25) is 0 Å². The molecule has 0 unspecified atom stereocenters. The third kappa shape index (κ3) is 4.32. The highest BCUT2D eigenvalue weighted by Gasteiger charge is 2.22. The molecule has 0 spiro atoms. The van der Waals surface area contributed by atoms with Gasteiger partial charge in [0, 0.05) is 10.8 Å². The van der Waals surface area contributed by atoms with Crippen molar-refractivity contribution in [3.8, 4) is 33.4 Å². The number of benzene rings is 9. The van der Waals surface area contributed by atoms with Crippen molar-refractivity contribution in [2.24, 2.45) is 0 Å². The first-order chi connectivity index (χ1) is 24.3. The van der Waals surface area contributed by atoms with Crippen LogP contribution < -0.4 is 0 Å². The van der Waals surface area contributed by atoms with Gasteiger partial charge in [0.25, 0.3) is 0 Å². The fourth-order valence-electron chi connectivity index (χ4n) is 8.31. The lowest BCUT2D eigenvalue weighted by molar-refractivity contribution is 0.669. The van der Waals surface area contributed by atoms with E-state index in [-0.39, 0.29) is 0 Å². The van der Waals surface area contributed by atoms with E-state index in [9.17, 15) is 0 Å².